The topological polar surface area (TPSA) is 64.3 Å². The van der Waals surface area contributed by atoms with Gasteiger partial charge in [-0.2, -0.15) is 0 Å². The fourth-order valence-electron chi connectivity index (χ4n) is 3.27. The van der Waals surface area contributed by atoms with E-state index in [0.717, 1.165) is 25.7 Å². The van der Waals surface area contributed by atoms with Crippen LogP contribution in [0.15, 0.2) is 0 Å². The Morgan fingerprint density at radius 1 is 1.32 bits per heavy atom. The Bertz CT molecular complexity index is 348. The molecule has 2 aliphatic carbocycles. The molecule has 2 saturated carbocycles. The summed E-state index contributed by atoms with van der Waals surface area (Å²) in [7, 11) is 1.75. The van der Waals surface area contributed by atoms with Gasteiger partial charge in [0.2, 0.25) is 5.91 Å². The smallest absolute Gasteiger partial charge is 0.223 e. The van der Waals surface area contributed by atoms with E-state index in [2.05, 4.69) is 26.1 Å². The fraction of sp³-hybridized carbons (Fsp3) is 0.929. The molecule has 0 saturated heterocycles. The highest BCUT2D eigenvalue weighted by Gasteiger charge is 2.58. The summed E-state index contributed by atoms with van der Waals surface area (Å²) in [6, 6.07) is 0.422. The molecule has 0 aromatic heterocycles. The Kier molecular flexibility index (Phi) is 4.92. The van der Waals surface area contributed by atoms with Crippen molar-refractivity contribution < 1.29 is 9.53 Å². The number of hydrogen-bond acceptors (Lipinski definition) is 3. The SMILES string of the molecule is COC1(C)CC(NC(=O)C2CCC(N)C2)C1(C)C.Cl. The van der Waals surface area contributed by atoms with Crippen LogP contribution in [0, 0.1) is 11.3 Å². The first-order valence-corrected chi connectivity index (χ1v) is 6.91. The van der Waals surface area contributed by atoms with Crippen LogP contribution in [-0.4, -0.2) is 30.7 Å². The van der Waals surface area contributed by atoms with Crippen LogP contribution in [0.3, 0.4) is 0 Å². The van der Waals surface area contributed by atoms with E-state index >= 15 is 0 Å². The molecule has 0 bridgehead atoms. The highest BCUT2D eigenvalue weighted by Crippen LogP contribution is 2.51. The number of methoxy groups -OCH3 is 1. The van der Waals surface area contributed by atoms with Gasteiger partial charge in [-0.3, -0.25) is 4.79 Å². The summed E-state index contributed by atoms with van der Waals surface area (Å²) in [5, 5.41) is 3.18. The Morgan fingerprint density at radius 2 is 1.95 bits per heavy atom. The van der Waals surface area contributed by atoms with E-state index in [0.29, 0.717) is 0 Å². The van der Waals surface area contributed by atoms with E-state index in [4.69, 9.17) is 10.5 Å². The third kappa shape index (κ3) is 2.76. The van der Waals surface area contributed by atoms with Crippen molar-refractivity contribution in [1.82, 2.24) is 5.32 Å². The highest BCUT2D eigenvalue weighted by atomic mass is 35.5. The van der Waals surface area contributed by atoms with Crippen molar-refractivity contribution in [2.24, 2.45) is 17.1 Å². The number of amides is 1. The minimum Gasteiger partial charge on any atom is -0.378 e. The van der Waals surface area contributed by atoms with Gasteiger partial charge in [0.1, 0.15) is 0 Å². The van der Waals surface area contributed by atoms with Crippen molar-refractivity contribution in [3.05, 3.63) is 0 Å². The minimum atomic E-state index is -0.128. The average Bonchev–Trinajstić information content (AvgIpc) is 2.74. The molecule has 0 heterocycles. The van der Waals surface area contributed by atoms with Crippen molar-refractivity contribution in [1.29, 1.82) is 0 Å². The lowest BCUT2D eigenvalue weighted by atomic mass is 9.55. The molecule has 1 amide bonds. The maximum atomic E-state index is 12.2. The molecule has 2 rings (SSSR count). The molecule has 4 nitrogen and oxygen atoms in total. The first-order valence-electron chi connectivity index (χ1n) is 6.91. The van der Waals surface area contributed by atoms with Gasteiger partial charge in [-0.25, -0.2) is 0 Å². The molecular formula is C14H27ClN2O2. The lowest BCUT2D eigenvalue weighted by Gasteiger charge is -2.59. The third-order valence-corrected chi connectivity index (χ3v) is 5.44. The summed E-state index contributed by atoms with van der Waals surface area (Å²) in [6.45, 7) is 6.43. The molecule has 0 radical (unpaired) electrons. The van der Waals surface area contributed by atoms with E-state index in [-0.39, 0.29) is 47.3 Å². The van der Waals surface area contributed by atoms with E-state index in [9.17, 15) is 4.79 Å². The predicted molar refractivity (Wildman–Crippen MR) is 78.3 cm³/mol. The second-order valence-electron chi connectivity index (χ2n) is 6.69. The molecular weight excluding hydrogens is 264 g/mol. The molecule has 112 valence electrons. The number of nitrogens with one attached hydrogen (secondary N) is 1. The van der Waals surface area contributed by atoms with E-state index in [1.165, 1.54) is 0 Å². The maximum Gasteiger partial charge on any atom is 0.223 e. The van der Waals surface area contributed by atoms with Crippen LogP contribution in [0.5, 0.6) is 0 Å². The Balaban J connectivity index is 0.00000180. The van der Waals surface area contributed by atoms with Gasteiger partial charge in [-0.15, -0.1) is 12.4 Å². The molecule has 0 spiro atoms. The summed E-state index contributed by atoms with van der Waals surface area (Å²) in [5.74, 6) is 0.296. The van der Waals surface area contributed by atoms with E-state index < -0.39 is 0 Å². The highest BCUT2D eigenvalue weighted by molar-refractivity contribution is 5.85. The lowest BCUT2D eigenvalue weighted by molar-refractivity contribution is -0.183. The molecule has 0 aromatic rings. The normalized spacial score (nSPS) is 40.2. The molecule has 4 unspecified atom stereocenters. The lowest BCUT2D eigenvalue weighted by Crippen LogP contribution is -2.69. The van der Waals surface area contributed by atoms with Crippen molar-refractivity contribution in [3.63, 3.8) is 0 Å². The molecule has 19 heavy (non-hydrogen) atoms. The minimum absolute atomic E-state index is 0. The maximum absolute atomic E-state index is 12.2. The van der Waals surface area contributed by atoms with E-state index in [1.807, 2.05) is 0 Å². The summed E-state index contributed by atoms with van der Waals surface area (Å²) in [4.78, 5) is 12.2. The van der Waals surface area contributed by atoms with Crippen LogP contribution in [-0.2, 0) is 9.53 Å². The van der Waals surface area contributed by atoms with Gasteiger partial charge >= 0.3 is 0 Å². The third-order valence-electron chi connectivity index (χ3n) is 5.44. The second-order valence-corrected chi connectivity index (χ2v) is 6.69. The van der Waals surface area contributed by atoms with Gasteiger partial charge in [-0.05, 0) is 32.6 Å². The molecule has 4 atom stereocenters. The van der Waals surface area contributed by atoms with Crippen molar-refractivity contribution in [3.8, 4) is 0 Å². The van der Waals surface area contributed by atoms with Crippen LogP contribution >= 0.6 is 12.4 Å². The van der Waals surface area contributed by atoms with Gasteiger partial charge in [0.15, 0.2) is 0 Å². The van der Waals surface area contributed by atoms with Gasteiger partial charge < -0.3 is 15.8 Å². The fourth-order valence-corrected chi connectivity index (χ4v) is 3.27. The second kappa shape index (κ2) is 5.58. The quantitative estimate of drug-likeness (QED) is 0.834. The predicted octanol–water partition coefficient (Wildman–Crippen LogP) is 1.86. The van der Waals surface area contributed by atoms with Crippen LogP contribution in [0.25, 0.3) is 0 Å². The van der Waals surface area contributed by atoms with Crippen LogP contribution < -0.4 is 11.1 Å². The zero-order valence-corrected chi connectivity index (χ0v) is 13.2. The summed E-state index contributed by atoms with van der Waals surface area (Å²) < 4.78 is 5.57. The molecule has 3 N–H and O–H groups in total. The molecule has 0 aromatic carbocycles. The van der Waals surface area contributed by atoms with Gasteiger partial charge in [0.05, 0.1) is 5.60 Å². The number of hydrogen-bond donors (Lipinski definition) is 2. The average molecular weight is 291 g/mol. The Labute approximate surface area is 122 Å². The molecule has 0 aliphatic heterocycles. The number of ether oxygens (including phenoxy) is 1. The van der Waals surface area contributed by atoms with Crippen LogP contribution in [0.4, 0.5) is 0 Å². The first kappa shape index (κ1) is 16.7. The number of halogens is 1. The van der Waals surface area contributed by atoms with Gasteiger partial charge in [0, 0.05) is 30.5 Å². The summed E-state index contributed by atoms with van der Waals surface area (Å²) in [6.07, 6.45) is 3.63. The van der Waals surface area contributed by atoms with Gasteiger partial charge in [-0.1, -0.05) is 13.8 Å². The standard InChI is InChI=1S/C14H26N2O2.ClH/c1-13(2)11(8-14(13,3)18-4)16-12(17)9-5-6-10(15)7-9;/h9-11H,5-8,15H2,1-4H3,(H,16,17);1H. The number of carbonyl (C=O) groups excluding carboxylic acids is 1. The Morgan fingerprint density at radius 3 is 2.37 bits per heavy atom. The summed E-state index contributed by atoms with van der Waals surface area (Å²) in [5.41, 5.74) is 5.71. The Hall–Kier alpha value is -0.320. The van der Waals surface area contributed by atoms with E-state index in [1.54, 1.807) is 7.11 Å². The number of carbonyl (C=O) groups is 1. The van der Waals surface area contributed by atoms with Crippen LogP contribution in [0.1, 0.15) is 46.5 Å². The van der Waals surface area contributed by atoms with Crippen molar-refractivity contribution in [2.45, 2.75) is 64.1 Å². The molecule has 2 fully saturated rings. The largest absolute Gasteiger partial charge is 0.378 e. The zero-order chi connectivity index (χ0) is 13.6. The zero-order valence-electron chi connectivity index (χ0n) is 12.4. The van der Waals surface area contributed by atoms with Gasteiger partial charge in [0.25, 0.3) is 0 Å². The van der Waals surface area contributed by atoms with Crippen molar-refractivity contribution >= 4 is 18.3 Å². The first-order chi connectivity index (χ1) is 8.30. The van der Waals surface area contributed by atoms with Crippen molar-refractivity contribution in [2.75, 3.05) is 7.11 Å². The number of rotatable bonds is 3. The summed E-state index contributed by atoms with van der Waals surface area (Å²) >= 11 is 0. The monoisotopic (exact) mass is 290 g/mol. The molecule has 2 aliphatic rings. The molecule has 5 heteroatoms. The number of nitrogens with two attached hydrogens (primary N) is 1. The van der Waals surface area contributed by atoms with Crippen LogP contribution in [0.2, 0.25) is 0 Å².